The van der Waals surface area contributed by atoms with Crippen LogP contribution in [0.3, 0.4) is 0 Å². The van der Waals surface area contributed by atoms with E-state index in [1.165, 1.54) is 9.80 Å². The van der Waals surface area contributed by atoms with E-state index in [1.54, 1.807) is 4.90 Å². The Morgan fingerprint density at radius 2 is 1.23 bits per heavy atom. The van der Waals surface area contributed by atoms with Gasteiger partial charge in [-0.3, -0.25) is 33.9 Å². The average molecular weight is 548 g/mol. The van der Waals surface area contributed by atoms with Crippen LogP contribution in [0.1, 0.15) is 57.6 Å². The minimum absolute atomic E-state index is 0.0484. The number of carboxylic acids is 4. The summed E-state index contributed by atoms with van der Waals surface area (Å²) in [4.78, 5) is 50.7. The van der Waals surface area contributed by atoms with E-state index in [1.807, 2.05) is 24.3 Å². The van der Waals surface area contributed by atoms with Gasteiger partial charge >= 0.3 is 23.9 Å². The van der Waals surface area contributed by atoms with Crippen molar-refractivity contribution in [1.29, 1.82) is 0 Å². The molecule has 1 saturated carbocycles. The molecule has 0 aromatic heterocycles. The van der Waals surface area contributed by atoms with Crippen molar-refractivity contribution in [3.05, 3.63) is 42.4 Å². The van der Waals surface area contributed by atoms with Gasteiger partial charge in [0.2, 0.25) is 0 Å². The van der Waals surface area contributed by atoms with Crippen LogP contribution in [-0.2, 0) is 31.0 Å². The third-order valence-corrected chi connectivity index (χ3v) is 7.17. The lowest BCUT2D eigenvalue weighted by Gasteiger charge is -2.45. The maximum absolute atomic E-state index is 11.9. The van der Waals surface area contributed by atoms with Gasteiger partial charge in [0, 0.05) is 31.7 Å². The molecule has 0 heterocycles. The maximum Gasteiger partial charge on any atom is 0.317 e. The smallest absolute Gasteiger partial charge is 0.317 e. The third-order valence-electron chi connectivity index (χ3n) is 7.17. The van der Waals surface area contributed by atoms with Crippen molar-refractivity contribution in [2.75, 3.05) is 32.7 Å². The van der Waals surface area contributed by atoms with Crippen molar-refractivity contribution in [1.82, 2.24) is 14.7 Å². The number of nitrogens with zero attached hydrogens (tertiary/aromatic N) is 3. The van der Waals surface area contributed by atoms with Gasteiger partial charge in [-0.15, -0.1) is 0 Å². The lowest BCUT2D eigenvalue weighted by Crippen LogP contribution is -2.58. The van der Waals surface area contributed by atoms with E-state index in [4.69, 9.17) is 7.05 Å². The molecule has 2 radical (unpaired) electrons. The average Bonchev–Trinajstić information content (AvgIpc) is 2.81. The summed E-state index contributed by atoms with van der Waals surface area (Å²) in [5, 5.41) is 38.0. The molecule has 0 aliphatic heterocycles. The van der Waals surface area contributed by atoms with Crippen molar-refractivity contribution < 1.29 is 39.6 Å². The van der Waals surface area contributed by atoms with Gasteiger partial charge in [0.25, 0.3) is 0 Å². The number of hydrogen-bond acceptors (Lipinski definition) is 7. The number of aliphatic carboxylic acids is 4. The predicted octanol–water partition coefficient (Wildman–Crippen LogP) is 2.12. The molecule has 1 fully saturated rings. The number of carbonyl (C=O) groups is 4. The van der Waals surface area contributed by atoms with Crippen LogP contribution in [-0.4, -0.2) is 110 Å². The third kappa shape index (κ3) is 10.6. The first-order chi connectivity index (χ1) is 18.2. The van der Waals surface area contributed by atoms with Gasteiger partial charge in [0.1, 0.15) is 0 Å². The molecule has 11 nitrogen and oxygen atoms in total. The Labute approximate surface area is 230 Å². The van der Waals surface area contributed by atoms with Gasteiger partial charge in [-0.05, 0) is 35.8 Å². The molecule has 1 aromatic rings. The lowest BCUT2D eigenvalue weighted by atomic mass is 9.86. The molecule has 11 heteroatoms. The summed E-state index contributed by atoms with van der Waals surface area (Å²) in [6, 6.07) is 6.40. The lowest BCUT2D eigenvalue weighted by molar-refractivity contribution is -0.146. The van der Waals surface area contributed by atoms with Crippen molar-refractivity contribution in [2.45, 2.75) is 76.4 Å². The van der Waals surface area contributed by atoms with Gasteiger partial charge in [-0.1, -0.05) is 57.9 Å². The fourth-order valence-corrected chi connectivity index (χ4v) is 5.33. The molecule has 1 aliphatic rings. The highest BCUT2D eigenvalue weighted by molar-refractivity contribution is 5.73. The van der Waals surface area contributed by atoms with E-state index in [0.29, 0.717) is 19.3 Å². The number of benzene rings is 1. The summed E-state index contributed by atoms with van der Waals surface area (Å²) < 4.78 is 0. The Morgan fingerprint density at radius 3 is 1.67 bits per heavy atom. The second-order valence-electron chi connectivity index (χ2n) is 11.3. The zero-order valence-corrected chi connectivity index (χ0v) is 23.0. The van der Waals surface area contributed by atoms with Crippen LogP contribution in [0.2, 0.25) is 0 Å². The number of rotatable bonds is 15. The van der Waals surface area contributed by atoms with Crippen molar-refractivity contribution in [3.63, 3.8) is 0 Å². The first kappa shape index (κ1) is 32.2. The van der Waals surface area contributed by atoms with Gasteiger partial charge < -0.3 is 20.4 Å². The second-order valence-corrected chi connectivity index (χ2v) is 11.3. The minimum atomic E-state index is -1.17. The molecule has 1 aromatic carbocycles. The molecular weight excluding hydrogens is 506 g/mol. The first-order valence-corrected chi connectivity index (χ1v) is 13.1. The van der Waals surface area contributed by atoms with Crippen LogP contribution in [0.15, 0.2) is 24.3 Å². The van der Waals surface area contributed by atoms with Gasteiger partial charge in [0.15, 0.2) is 0 Å². The molecule has 1 aliphatic carbocycles. The molecule has 0 spiro atoms. The normalized spacial score (nSPS) is 18.8. The Balaban J connectivity index is 2.40. The summed E-state index contributed by atoms with van der Waals surface area (Å²) in [6.45, 7) is 4.59. The predicted molar refractivity (Wildman–Crippen MR) is 143 cm³/mol. The molecule has 0 bridgehead atoms. The van der Waals surface area contributed by atoms with E-state index in [-0.39, 0.29) is 18.5 Å². The standard InChI is InChI=1S/C28H41N3O8/c1-28(2,3)20-11-9-19(10-12-20)13-21(29(4)15-24(32)33)14-30(16-25(34)35)22-7-5-6-8-23(22)31(17-26(36)37)18-27(38)39/h4,9-12,21-23H,5-8,13-18H2,1-3H3,(H,32,33)(H,34,35)(H,36,37)(H,38,39). The summed E-state index contributed by atoms with van der Waals surface area (Å²) in [7, 11) is 6.21. The van der Waals surface area contributed by atoms with Crippen LogP contribution >= 0.6 is 0 Å². The number of carboxylic acid groups (broad SMARTS) is 4. The zero-order valence-electron chi connectivity index (χ0n) is 23.0. The molecule has 3 atom stereocenters. The Hall–Kier alpha value is -3.02. The van der Waals surface area contributed by atoms with Crippen molar-refractivity contribution >= 4 is 23.9 Å². The molecule has 3 unspecified atom stereocenters. The largest absolute Gasteiger partial charge is 0.480 e. The first-order valence-electron chi connectivity index (χ1n) is 13.1. The Kier molecular flexibility index (Phi) is 11.9. The van der Waals surface area contributed by atoms with Crippen molar-refractivity contribution in [2.24, 2.45) is 0 Å². The van der Waals surface area contributed by atoms with E-state index >= 15 is 0 Å². The summed E-state index contributed by atoms with van der Waals surface area (Å²) in [5.41, 5.74) is 1.99. The summed E-state index contributed by atoms with van der Waals surface area (Å²) in [5.74, 6) is -4.56. The zero-order chi connectivity index (χ0) is 29.3. The monoisotopic (exact) mass is 547 g/mol. The highest BCUT2D eigenvalue weighted by Gasteiger charge is 2.38. The Bertz CT molecular complexity index is 976. The highest BCUT2D eigenvalue weighted by atomic mass is 16.4. The van der Waals surface area contributed by atoms with Gasteiger partial charge in [-0.2, -0.15) is 0 Å². The fraction of sp³-hybridized carbons (Fsp3) is 0.607. The van der Waals surface area contributed by atoms with Crippen LogP contribution in [0, 0.1) is 7.05 Å². The maximum atomic E-state index is 11.9. The molecule has 0 saturated heterocycles. The van der Waals surface area contributed by atoms with Gasteiger partial charge in [-0.25, -0.2) is 0 Å². The molecule has 4 N–H and O–H groups in total. The summed E-state index contributed by atoms with van der Waals surface area (Å²) >= 11 is 0. The molecule has 39 heavy (non-hydrogen) atoms. The molecular formula is C28H41N3O8. The van der Waals surface area contributed by atoms with Crippen LogP contribution in [0.5, 0.6) is 0 Å². The Morgan fingerprint density at radius 1 is 0.795 bits per heavy atom. The molecule has 0 amide bonds. The second kappa shape index (κ2) is 14.4. The summed E-state index contributed by atoms with van der Waals surface area (Å²) in [6.07, 6.45) is 2.94. The van der Waals surface area contributed by atoms with E-state index in [9.17, 15) is 39.6 Å². The quantitative estimate of drug-likeness (QED) is 0.238. The topological polar surface area (TPSA) is 159 Å². The van der Waals surface area contributed by atoms with Crippen molar-refractivity contribution in [3.8, 4) is 0 Å². The van der Waals surface area contributed by atoms with Crippen LogP contribution in [0.4, 0.5) is 0 Å². The van der Waals surface area contributed by atoms with Crippen LogP contribution in [0.25, 0.3) is 0 Å². The fourth-order valence-electron chi connectivity index (χ4n) is 5.33. The SMILES string of the molecule is [CH]N(CC(=O)O)C(Cc1ccc(C(C)(C)C)cc1)CN(CC(=O)O)C1CCCCC1N(CC(=O)O)CC(=O)O. The van der Waals surface area contributed by atoms with E-state index < -0.39 is 61.6 Å². The van der Waals surface area contributed by atoms with Gasteiger partial charge in [0.05, 0.1) is 26.2 Å². The minimum Gasteiger partial charge on any atom is -0.480 e. The van der Waals surface area contributed by atoms with Crippen LogP contribution < -0.4 is 0 Å². The van der Waals surface area contributed by atoms with E-state index in [0.717, 1.165) is 24.0 Å². The van der Waals surface area contributed by atoms with E-state index in [2.05, 4.69) is 20.8 Å². The highest BCUT2D eigenvalue weighted by Crippen LogP contribution is 2.29. The molecule has 216 valence electrons. The number of hydrogen-bond donors (Lipinski definition) is 4. The molecule has 2 rings (SSSR count).